The fourth-order valence-corrected chi connectivity index (χ4v) is 3.80. The lowest BCUT2D eigenvalue weighted by Gasteiger charge is -2.16. The van der Waals surface area contributed by atoms with Gasteiger partial charge < -0.3 is 4.42 Å². The lowest BCUT2D eigenvalue weighted by Crippen LogP contribution is -2.28. The first-order valence-corrected chi connectivity index (χ1v) is 10.5. The van der Waals surface area contributed by atoms with Crippen LogP contribution in [0.25, 0.3) is 11.6 Å². The van der Waals surface area contributed by atoms with Gasteiger partial charge in [0.2, 0.25) is 10.0 Å². The van der Waals surface area contributed by atoms with Crippen molar-refractivity contribution in [3.8, 4) is 11.6 Å². The molecule has 0 bridgehead atoms. The minimum Gasteiger partial charge on any atom is -0.401 e. The lowest BCUT2D eigenvalue weighted by atomic mass is 10.2. The average Bonchev–Trinajstić information content (AvgIpc) is 3.34. The largest absolute Gasteiger partial charge is 0.401 e. The van der Waals surface area contributed by atoms with Crippen LogP contribution in [-0.4, -0.2) is 52.2 Å². The number of hydrogen-bond donors (Lipinski definition) is 1. The molecular formula is C18H22N6O4S. The summed E-state index contributed by atoms with van der Waals surface area (Å²) in [6.45, 7) is 2.44. The van der Waals surface area contributed by atoms with Crippen molar-refractivity contribution in [2.75, 3.05) is 18.9 Å². The van der Waals surface area contributed by atoms with Crippen LogP contribution >= 0.6 is 0 Å². The molecule has 0 aliphatic rings. The van der Waals surface area contributed by atoms with E-state index in [-0.39, 0.29) is 22.4 Å². The first kappa shape index (κ1) is 20.7. The van der Waals surface area contributed by atoms with Gasteiger partial charge in [-0.1, -0.05) is 18.4 Å². The highest BCUT2D eigenvalue weighted by Gasteiger charge is 2.21. The summed E-state index contributed by atoms with van der Waals surface area (Å²) in [7, 11) is -0.314. The van der Waals surface area contributed by atoms with Crippen molar-refractivity contribution in [1.29, 1.82) is 0 Å². The maximum atomic E-state index is 12.5. The summed E-state index contributed by atoms with van der Waals surface area (Å²) < 4.78 is 33.4. The molecule has 0 radical (unpaired) electrons. The Morgan fingerprint density at radius 1 is 1.21 bits per heavy atom. The number of sulfonamides is 1. The number of benzene rings is 1. The van der Waals surface area contributed by atoms with Gasteiger partial charge in [0.15, 0.2) is 0 Å². The quantitative estimate of drug-likeness (QED) is 0.594. The first-order valence-electron chi connectivity index (χ1n) is 9.02. The minimum atomic E-state index is -3.59. The van der Waals surface area contributed by atoms with Crippen LogP contribution in [0.3, 0.4) is 0 Å². The van der Waals surface area contributed by atoms with Crippen molar-refractivity contribution in [1.82, 2.24) is 24.3 Å². The van der Waals surface area contributed by atoms with Crippen molar-refractivity contribution in [2.24, 2.45) is 7.05 Å². The molecule has 2 heterocycles. The van der Waals surface area contributed by atoms with E-state index in [1.54, 1.807) is 31.0 Å². The zero-order chi connectivity index (χ0) is 21.0. The summed E-state index contributed by atoms with van der Waals surface area (Å²) >= 11 is 0. The zero-order valence-corrected chi connectivity index (χ0v) is 17.2. The van der Waals surface area contributed by atoms with Gasteiger partial charge >= 0.3 is 6.01 Å². The number of aromatic nitrogens is 4. The van der Waals surface area contributed by atoms with E-state index in [1.807, 2.05) is 6.92 Å². The molecule has 0 aliphatic heterocycles. The predicted molar refractivity (Wildman–Crippen MR) is 106 cm³/mol. The van der Waals surface area contributed by atoms with E-state index >= 15 is 0 Å². The van der Waals surface area contributed by atoms with Crippen LogP contribution in [0.1, 0.15) is 30.1 Å². The molecule has 154 valence electrons. The Morgan fingerprint density at radius 3 is 2.55 bits per heavy atom. The first-order chi connectivity index (χ1) is 13.8. The number of aryl methyl sites for hydroxylation is 1. The maximum Gasteiger partial charge on any atom is 0.322 e. The molecule has 29 heavy (non-hydrogen) atoms. The van der Waals surface area contributed by atoms with Gasteiger partial charge in [0.1, 0.15) is 5.69 Å². The minimum absolute atomic E-state index is 0.0674. The number of nitrogens with zero attached hydrogens (tertiary/aromatic N) is 5. The Morgan fingerprint density at radius 2 is 1.93 bits per heavy atom. The molecule has 0 spiro atoms. The van der Waals surface area contributed by atoms with Gasteiger partial charge in [0, 0.05) is 32.4 Å². The molecule has 1 aromatic carbocycles. The molecule has 10 nitrogen and oxygen atoms in total. The number of amides is 1. The molecule has 0 unspecified atom stereocenters. The molecule has 0 atom stereocenters. The Hall–Kier alpha value is -3.05. The summed E-state index contributed by atoms with van der Waals surface area (Å²) in [6, 6.07) is 7.32. The number of carbonyl (C=O) groups is 1. The number of carbonyl (C=O) groups excluding carboxylic acids is 1. The Labute approximate surface area is 168 Å². The highest BCUT2D eigenvalue weighted by atomic mass is 32.2. The topological polar surface area (TPSA) is 123 Å². The van der Waals surface area contributed by atoms with Crippen molar-refractivity contribution in [3.05, 3.63) is 42.1 Å². The van der Waals surface area contributed by atoms with E-state index < -0.39 is 15.9 Å². The van der Waals surface area contributed by atoms with Crippen LogP contribution in [0.5, 0.6) is 0 Å². The Balaban J connectivity index is 1.70. The van der Waals surface area contributed by atoms with E-state index in [0.29, 0.717) is 12.2 Å². The number of nitrogens with one attached hydrogen (secondary N) is 1. The number of rotatable bonds is 8. The van der Waals surface area contributed by atoms with E-state index in [1.165, 1.54) is 28.6 Å². The second-order valence-electron chi connectivity index (χ2n) is 6.41. The molecule has 3 rings (SSSR count). The van der Waals surface area contributed by atoms with Crippen molar-refractivity contribution < 1.29 is 17.6 Å². The third-order valence-electron chi connectivity index (χ3n) is 4.34. The maximum absolute atomic E-state index is 12.5. The fraction of sp³-hybridized carbons (Fsp3) is 0.333. The molecule has 0 saturated heterocycles. The van der Waals surface area contributed by atoms with Gasteiger partial charge in [0.05, 0.1) is 4.90 Å². The molecule has 0 fully saturated rings. The van der Waals surface area contributed by atoms with Crippen LogP contribution in [-0.2, 0) is 17.1 Å². The molecular weight excluding hydrogens is 396 g/mol. The predicted octanol–water partition coefficient (Wildman–Crippen LogP) is 2.14. The summed E-state index contributed by atoms with van der Waals surface area (Å²) in [5, 5.41) is 14.2. The van der Waals surface area contributed by atoms with E-state index in [0.717, 1.165) is 12.8 Å². The van der Waals surface area contributed by atoms with Gasteiger partial charge in [-0.25, -0.2) is 12.7 Å². The Bertz CT molecular complexity index is 1090. The highest BCUT2D eigenvalue weighted by molar-refractivity contribution is 7.89. The monoisotopic (exact) mass is 418 g/mol. The molecule has 3 aromatic rings. The van der Waals surface area contributed by atoms with Crippen LogP contribution in [0.15, 0.2) is 45.8 Å². The van der Waals surface area contributed by atoms with E-state index in [4.69, 9.17) is 4.42 Å². The third kappa shape index (κ3) is 4.51. The SMILES string of the molecule is CCCCN(C)S(=O)(=O)c1ccc(C(=O)Nc2nnc(-c3ccnn3C)o2)cc1. The van der Waals surface area contributed by atoms with E-state index in [2.05, 4.69) is 20.6 Å². The molecule has 2 aromatic heterocycles. The second-order valence-corrected chi connectivity index (χ2v) is 8.46. The number of hydrogen-bond acceptors (Lipinski definition) is 7. The summed E-state index contributed by atoms with van der Waals surface area (Å²) in [4.78, 5) is 12.5. The fourth-order valence-electron chi connectivity index (χ4n) is 2.59. The van der Waals surface area contributed by atoms with Crippen molar-refractivity contribution in [2.45, 2.75) is 24.7 Å². The standard InChI is InChI=1S/C18H22N6O4S/c1-4-5-12-23(2)29(26,27)14-8-6-13(7-9-14)16(25)20-18-22-21-17(28-18)15-10-11-19-24(15)3/h6-11H,4-5,12H2,1-3H3,(H,20,22,25). The summed E-state index contributed by atoms with van der Waals surface area (Å²) in [6.07, 6.45) is 3.27. The van der Waals surface area contributed by atoms with Crippen LogP contribution in [0.4, 0.5) is 6.01 Å². The van der Waals surface area contributed by atoms with Gasteiger partial charge in [-0.05, 0) is 36.8 Å². The van der Waals surface area contributed by atoms with Crippen molar-refractivity contribution >= 4 is 21.9 Å². The third-order valence-corrected chi connectivity index (χ3v) is 6.21. The molecule has 1 amide bonds. The summed E-state index contributed by atoms with van der Waals surface area (Å²) in [5.41, 5.74) is 0.875. The number of unbranched alkanes of at least 4 members (excludes halogenated alkanes) is 1. The van der Waals surface area contributed by atoms with Crippen LogP contribution in [0, 0.1) is 0 Å². The molecule has 0 aliphatic carbocycles. The normalized spacial score (nSPS) is 11.7. The molecule has 0 saturated carbocycles. The lowest BCUT2D eigenvalue weighted by molar-refractivity contribution is 0.102. The Kier molecular flexibility index (Phi) is 6.09. The zero-order valence-electron chi connectivity index (χ0n) is 16.4. The van der Waals surface area contributed by atoms with Crippen LogP contribution < -0.4 is 5.32 Å². The van der Waals surface area contributed by atoms with Gasteiger partial charge in [-0.2, -0.15) is 5.10 Å². The van der Waals surface area contributed by atoms with Crippen LogP contribution in [0.2, 0.25) is 0 Å². The average molecular weight is 418 g/mol. The molecule has 11 heteroatoms. The van der Waals surface area contributed by atoms with Gasteiger partial charge in [0.25, 0.3) is 11.8 Å². The van der Waals surface area contributed by atoms with E-state index in [9.17, 15) is 13.2 Å². The second kappa shape index (κ2) is 8.53. The highest BCUT2D eigenvalue weighted by Crippen LogP contribution is 2.20. The van der Waals surface area contributed by atoms with Crippen molar-refractivity contribution in [3.63, 3.8) is 0 Å². The molecule has 1 N–H and O–H groups in total. The smallest absolute Gasteiger partial charge is 0.322 e. The summed E-state index contributed by atoms with van der Waals surface area (Å²) in [5.74, 6) is -0.273. The number of anilines is 1. The van der Waals surface area contributed by atoms with Gasteiger partial charge in [-0.3, -0.25) is 14.8 Å². The van der Waals surface area contributed by atoms with Gasteiger partial charge in [-0.15, -0.1) is 5.10 Å².